The van der Waals surface area contributed by atoms with Gasteiger partial charge in [-0.15, -0.1) is 0 Å². The van der Waals surface area contributed by atoms with E-state index in [2.05, 4.69) is 5.32 Å². The summed E-state index contributed by atoms with van der Waals surface area (Å²) >= 11 is 0. The Balaban J connectivity index is 2.56. The Morgan fingerprint density at radius 1 is 1.39 bits per heavy atom. The number of hydrogen-bond donors (Lipinski definition) is 2. The summed E-state index contributed by atoms with van der Waals surface area (Å²) in [7, 11) is 1.68. The second-order valence-corrected chi connectivity index (χ2v) is 4.03. The zero-order valence-electron chi connectivity index (χ0n) is 10.4. The molecule has 1 amide bonds. The number of nitrogens with one attached hydrogen (secondary N) is 1. The molecule has 1 heterocycles. The first-order valence-corrected chi connectivity index (χ1v) is 5.59. The minimum absolute atomic E-state index is 0.0200. The van der Waals surface area contributed by atoms with Gasteiger partial charge >= 0.3 is 5.97 Å². The fourth-order valence-electron chi connectivity index (χ4n) is 1.51. The van der Waals surface area contributed by atoms with E-state index in [0.29, 0.717) is 24.2 Å². The van der Waals surface area contributed by atoms with Crippen LogP contribution in [0.25, 0.3) is 0 Å². The predicted octanol–water partition coefficient (Wildman–Crippen LogP) is 0.822. The number of nitrogens with zero attached hydrogens (tertiary/aromatic N) is 1. The quantitative estimate of drug-likeness (QED) is 0.579. The molecule has 0 spiro atoms. The molecule has 0 saturated heterocycles. The van der Waals surface area contributed by atoms with E-state index in [1.54, 1.807) is 17.8 Å². The average Bonchev–Trinajstić information content (AvgIpc) is 2.66. The number of Topliss-reactive ketones (excluding diaryl/α,β-unsaturated/α-hetero) is 1. The topological polar surface area (TPSA) is 88.4 Å². The standard InChI is InChI=1S/C12H16N2O4/c1-8(15)9-6-10(14(2)7-9)12(18)13-5-3-4-11(16)17/h6-7H,3-5H2,1-2H3,(H,13,18)(H,16,17). The molecule has 98 valence electrons. The van der Waals surface area contributed by atoms with Crippen molar-refractivity contribution in [2.75, 3.05) is 6.54 Å². The van der Waals surface area contributed by atoms with Crippen LogP contribution in [-0.2, 0) is 11.8 Å². The van der Waals surface area contributed by atoms with Gasteiger partial charge in [0, 0.05) is 31.8 Å². The highest BCUT2D eigenvalue weighted by atomic mass is 16.4. The van der Waals surface area contributed by atoms with Crippen molar-refractivity contribution in [2.45, 2.75) is 19.8 Å². The Morgan fingerprint density at radius 3 is 2.56 bits per heavy atom. The normalized spacial score (nSPS) is 10.1. The summed E-state index contributed by atoms with van der Waals surface area (Å²) in [6.07, 6.45) is 1.99. The minimum Gasteiger partial charge on any atom is -0.481 e. The van der Waals surface area contributed by atoms with Crippen molar-refractivity contribution < 1.29 is 19.5 Å². The number of ketones is 1. The molecule has 6 heteroatoms. The fourth-order valence-corrected chi connectivity index (χ4v) is 1.51. The minimum atomic E-state index is -0.887. The largest absolute Gasteiger partial charge is 0.481 e. The molecular weight excluding hydrogens is 236 g/mol. The molecule has 0 radical (unpaired) electrons. The van der Waals surface area contributed by atoms with E-state index in [1.165, 1.54) is 13.0 Å². The van der Waals surface area contributed by atoms with Crippen molar-refractivity contribution in [3.8, 4) is 0 Å². The predicted molar refractivity (Wildman–Crippen MR) is 64.6 cm³/mol. The van der Waals surface area contributed by atoms with Gasteiger partial charge in [-0.2, -0.15) is 0 Å². The molecule has 0 atom stereocenters. The molecule has 0 fully saturated rings. The molecule has 18 heavy (non-hydrogen) atoms. The Hall–Kier alpha value is -2.11. The van der Waals surface area contributed by atoms with Crippen molar-refractivity contribution in [1.82, 2.24) is 9.88 Å². The van der Waals surface area contributed by atoms with Crippen molar-refractivity contribution in [1.29, 1.82) is 0 Å². The molecule has 0 saturated carbocycles. The number of aryl methyl sites for hydroxylation is 1. The van der Waals surface area contributed by atoms with Crippen LogP contribution in [-0.4, -0.2) is 33.9 Å². The molecule has 0 aliphatic heterocycles. The highest BCUT2D eigenvalue weighted by molar-refractivity contribution is 5.99. The summed E-state index contributed by atoms with van der Waals surface area (Å²) in [6.45, 7) is 1.73. The van der Waals surface area contributed by atoms with Crippen LogP contribution in [0.2, 0.25) is 0 Å². The van der Waals surface area contributed by atoms with E-state index in [0.717, 1.165) is 0 Å². The van der Waals surface area contributed by atoms with Crippen LogP contribution in [0.3, 0.4) is 0 Å². The van der Waals surface area contributed by atoms with E-state index in [1.807, 2.05) is 0 Å². The van der Waals surface area contributed by atoms with Gasteiger partial charge in [-0.3, -0.25) is 14.4 Å². The van der Waals surface area contributed by atoms with Gasteiger partial charge in [0.05, 0.1) is 0 Å². The third kappa shape index (κ3) is 3.73. The van der Waals surface area contributed by atoms with E-state index in [4.69, 9.17) is 5.11 Å². The van der Waals surface area contributed by atoms with Gasteiger partial charge < -0.3 is 15.0 Å². The van der Waals surface area contributed by atoms with Crippen molar-refractivity contribution >= 4 is 17.7 Å². The molecule has 1 aromatic rings. The number of carbonyl (C=O) groups is 3. The lowest BCUT2D eigenvalue weighted by Gasteiger charge is -2.04. The van der Waals surface area contributed by atoms with E-state index in [9.17, 15) is 14.4 Å². The maximum atomic E-state index is 11.8. The molecule has 0 aliphatic carbocycles. The van der Waals surface area contributed by atoms with Crippen LogP contribution >= 0.6 is 0 Å². The Kier molecular flexibility index (Phi) is 4.65. The van der Waals surface area contributed by atoms with Crippen molar-refractivity contribution in [3.05, 3.63) is 23.5 Å². The zero-order chi connectivity index (χ0) is 13.7. The van der Waals surface area contributed by atoms with Crippen LogP contribution < -0.4 is 5.32 Å². The van der Waals surface area contributed by atoms with Gasteiger partial charge in [-0.1, -0.05) is 0 Å². The summed E-state index contributed by atoms with van der Waals surface area (Å²) < 4.78 is 1.57. The molecule has 1 aromatic heterocycles. The van der Waals surface area contributed by atoms with Gasteiger partial charge in [-0.05, 0) is 19.4 Å². The lowest BCUT2D eigenvalue weighted by molar-refractivity contribution is -0.137. The van der Waals surface area contributed by atoms with E-state index < -0.39 is 5.97 Å². The lowest BCUT2D eigenvalue weighted by atomic mass is 10.2. The van der Waals surface area contributed by atoms with Gasteiger partial charge in [0.25, 0.3) is 5.91 Å². The summed E-state index contributed by atoms with van der Waals surface area (Å²) in [4.78, 5) is 33.2. The second kappa shape index (κ2) is 6.00. The maximum absolute atomic E-state index is 11.8. The summed E-state index contributed by atoms with van der Waals surface area (Å²) in [5.74, 6) is -1.30. The maximum Gasteiger partial charge on any atom is 0.303 e. The van der Waals surface area contributed by atoms with Crippen molar-refractivity contribution in [3.63, 3.8) is 0 Å². The van der Waals surface area contributed by atoms with Crippen LogP contribution in [0, 0.1) is 0 Å². The number of hydrogen-bond acceptors (Lipinski definition) is 3. The van der Waals surface area contributed by atoms with Crippen LogP contribution in [0.15, 0.2) is 12.3 Å². The smallest absolute Gasteiger partial charge is 0.303 e. The summed E-state index contributed by atoms with van der Waals surface area (Å²) in [5, 5.41) is 11.1. The van der Waals surface area contributed by atoms with Crippen LogP contribution in [0.5, 0.6) is 0 Å². The number of aliphatic carboxylic acids is 1. The monoisotopic (exact) mass is 252 g/mol. The van der Waals surface area contributed by atoms with Crippen molar-refractivity contribution in [2.24, 2.45) is 7.05 Å². The first-order valence-electron chi connectivity index (χ1n) is 5.59. The Morgan fingerprint density at radius 2 is 2.06 bits per heavy atom. The Bertz CT molecular complexity index is 476. The second-order valence-electron chi connectivity index (χ2n) is 4.03. The fraction of sp³-hybridized carbons (Fsp3) is 0.417. The zero-order valence-corrected chi connectivity index (χ0v) is 10.4. The van der Waals surface area contributed by atoms with E-state index in [-0.39, 0.29) is 18.1 Å². The molecule has 0 unspecified atom stereocenters. The van der Waals surface area contributed by atoms with Crippen LogP contribution in [0.1, 0.15) is 40.6 Å². The van der Waals surface area contributed by atoms with Gasteiger partial charge in [0.2, 0.25) is 0 Å². The number of amides is 1. The molecule has 0 bridgehead atoms. The molecule has 6 nitrogen and oxygen atoms in total. The molecule has 0 aliphatic rings. The molecule has 1 rings (SSSR count). The third-order valence-electron chi connectivity index (χ3n) is 2.50. The number of aromatic nitrogens is 1. The van der Waals surface area contributed by atoms with Gasteiger partial charge in [0.1, 0.15) is 5.69 Å². The van der Waals surface area contributed by atoms with Gasteiger partial charge in [0.15, 0.2) is 5.78 Å². The molecule has 2 N–H and O–H groups in total. The molecular formula is C12H16N2O4. The van der Waals surface area contributed by atoms with Crippen LogP contribution in [0.4, 0.5) is 0 Å². The highest BCUT2D eigenvalue weighted by Gasteiger charge is 2.13. The number of rotatable bonds is 6. The number of carboxylic acid groups (broad SMARTS) is 1. The number of carboxylic acids is 1. The highest BCUT2D eigenvalue weighted by Crippen LogP contribution is 2.08. The Labute approximate surface area is 105 Å². The molecule has 0 aromatic carbocycles. The third-order valence-corrected chi connectivity index (χ3v) is 2.50. The lowest BCUT2D eigenvalue weighted by Crippen LogP contribution is -2.26. The number of carbonyl (C=O) groups excluding carboxylic acids is 2. The van der Waals surface area contributed by atoms with E-state index >= 15 is 0 Å². The SMILES string of the molecule is CC(=O)c1cc(C(=O)NCCCC(=O)O)n(C)c1. The van der Waals surface area contributed by atoms with Gasteiger partial charge in [-0.25, -0.2) is 0 Å². The summed E-state index contributed by atoms with van der Waals surface area (Å²) in [5.41, 5.74) is 0.865. The first kappa shape index (κ1) is 14.0. The average molecular weight is 252 g/mol. The first-order chi connectivity index (χ1) is 8.41. The summed E-state index contributed by atoms with van der Waals surface area (Å²) in [6, 6.07) is 1.52.